The third-order valence-electron chi connectivity index (χ3n) is 4.16. The Morgan fingerprint density at radius 2 is 1.88 bits per heavy atom. The van der Waals surface area contributed by atoms with Crippen molar-refractivity contribution in [2.45, 2.75) is 19.8 Å². The normalized spacial score (nSPS) is 15.1. The van der Waals surface area contributed by atoms with E-state index in [4.69, 9.17) is 16.2 Å². The van der Waals surface area contributed by atoms with Crippen molar-refractivity contribution in [2.75, 3.05) is 17.2 Å². The number of fused-ring (bicyclic) bond motifs is 1. The van der Waals surface area contributed by atoms with Gasteiger partial charge in [0.15, 0.2) is 11.5 Å². The highest BCUT2D eigenvalue weighted by molar-refractivity contribution is 6.12. The molecule has 0 unspecified atom stereocenters. The van der Waals surface area contributed by atoms with Gasteiger partial charge in [0, 0.05) is 5.69 Å². The van der Waals surface area contributed by atoms with Gasteiger partial charge < -0.3 is 16.2 Å². The molecule has 0 aromatic heterocycles. The number of amides is 2. The minimum absolute atomic E-state index is 0.126. The molecule has 134 valence electrons. The highest BCUT2D eigenvalue weighted by Gasteiger charge is 2.31. The van der Waals surface area contributed by atoms with Crippen LogP contribution < -0.4 is 21.1 Å². The van der Waals surface area contributed by atoms with Crippen molar-refractivity contribution in [1.82, 2.24) is 0 Å². The monoisotopic (exact) mass is 351 g/mol. The summed E-state index contributed by atoms with van der Waals surface area (Å²) in [4.78, 5) is 25.5. The molecular weight excluding hydrogens is 330 g/mol. The van der Waals surface area contributed by atoms with Gasteiger partial charge in [0.1, 0.15) is 6.54 Å². The lowest BCUT2D eigenvalue weighted by Gasteiger charge is -2.29. The third-order valence-corrected chi connectivity index (χ3v) is 4.16. The molecular formula is C20H21N3O3. The molecule has 2 aromatic rings. The summed E-state index contributed by atoms with van der Waals surface area (Å²) >= 11 is 0. The second kappa shape index (κ2) is 6.92. The van der Waals surface area contributed by atoms with Crippen LogP contribution in [0.25, 0.3) is 6.08 Å². The summed E-state index contributed by atoms with van der Waals surface area (Å²) in [6.07, 6.45) is 1.65. The number of nitrogen functional groups attached to an aromatic ring is 1. The number of hydrogen-bond acceptors (Lipinski definition) is 4. The summed E-state index contributed by atoms with van der Waals surface area (Å²) in [5.41, 5.74) is 14.0. The molecule has 3 rings (SSSR count). The molecule has 0 spiro atoms. The second-order valence-corrected chi connectivity index (χ2v) is 6.52. The Bertz CT molecular complexity index is 886. The largest absolute Gasteiger partial charge is 0.449 e. The van der Waals surface area contributed by atoms with Crippen LogP contribution in [0.15, 0.2) is 48.2 Å². The third kappa shape index (κ3) is 3.54. The fourth-order valence-electron chi connectivity index (χ4n) is 2.77. The molecule has 1 aliphatic heterocycles. The maximum atomic E-state index is 12.8. The lowest BCUT2D eigenvalue weighted by Crippen LogP contribution is -2.42. The van der Waals surface area contributed by atoms with E-state index >= 15 is 0 Å². The number of primary amides is 1. The van der Waals surface area contributed by atoms with Crippen LogP contribution in [-0.2, 0) is 9.59 Å². The molecule has 0 aliphatic carbocycles. The van der Waals surface area contributed by atoms with E-state index in [0.29, 0.717) is 23.0 Å². The van der Waals surface area contributed by atoms with Gasteiger partial charge in [0.25, 0.3) is 5.91 Å². The Labute approximate surface area is 152 Å². The highest BCUT2D eigenvalue weighted by Crippen LogP contribution is 2.37. The first kappa shape index (κ1) is 17.5. The van der Waals surface area contributed by atoms with Crippen LogP contribution in [0.3, 0.4) is 0 Å². The first-order valence-corrected chi connectivity index (χ1v) is 8.34. The molecule has 0 saturated heterocycles. The van der Waals surface area contributed by atoms with Gasteiger partial charge in [-0.2, -0.15) is 0 Å². The summed E-state index contributed by atoms with van der Waals surface area (Å²) in [6, 6.07) is 12.8. The number of rotatable bonds is 4. The first-order valence-electron chi connectivity index (χ1n) is 8.34. The van der Waals surface area contributed by atoms with Gasteiger partial charge in [-0.15, -0.1) is 0 Å². The average molecular weight is 351 g/mol. The molecule has 0 radical (unpaired) electrons. The van der Waals surface area contributed by atoms with Gasteiger partial charge in [0.2, 0.25) is 5.91 Å². The topological polar surface area (TPSA) is 98.7 Å². The summed E-state index contributed by atoms with van der Waals surface area (Å²) in [5, 5.41) is 0. The number of ether oxygens (including phenoxy) is 1. The predicted molar refractivity (Wildman–Crippen MR) is 102 cm³/mol. The van der Waals surface area contributed by atoms with Gasteiger partial charge in [-0.25, -0.2) is 0 Å². The molecule has 4 N–H and O–H groups in total. The summed E-state index contributed by atoms with van der Waals surface area (Å²) < 4.78 is 5.75. The Kier molecular flexibility index (Phi) is 4.67. The number of hydrogen-bond donors (Lipinski definition) is 2. The Hall–Kier alpha value is -3.28. The number of nitrogens with two attached hydrogens (primary N) is 2. The molecule has 6 heteroatoms. The van der Waals surface area contributed by atoms with Gasteiger partial charge in [0.05, 0.1) is 5.69 Å². The number of anilines is 2. The predicted octanol–water partition coefficient (Wildman–Crippen LogP) is 2.64. The lowest BCUT2D eigenvalue weighted by atomic mass is 10.0. The Balaban J connectivity index is 1.99. The lowest BCUT2D eigenvalue weighted by molar-refractivity contribution is -0.121. The van der Waals surface area contributed by atoms with Crippen LogP contribution in [0.5, 0.6) is 5.75 Å². The molecule has 0 bridgehead atoms. The number of carbonyl (C=O) groups excluding carboxylic acids is 2. The van der Waals surface area contributed by atoms with Crippen molar-refractivity contribution in [1.29, 1.82) is 0 Å². The minimum atomic E-state index is -0.616. The van der Waals surface area contributed by atoms with Gasteiger partial charge in [-0.3, -0.25) is 14.5 Å². The van der Waals surface area contributed by atoms with Crippen LogP contribution >= 0.6 is 0 Å². The van der Waals surface area contributed by atoms with Crippen LogP contribution in [-0.4, -0.2) is 18.4 Å². The molecule has 0 saturated carbocycles. The van der Waals surface area contributed by atoms with Gasteiger partial charge in [-0.1, -0.05) is 38.1 Å². The number of benzene rings is 2. The van der Waals surface area contributed by atoms with Crippen LogP contribution in [0, 0.1) is 0 Å². The summed E-state index contributed by atoms with van der Waals surface area (Å²) in [7, 11) is 0. The fraction of sp³-hybridized carbons (Fsp3) is 0.200. The molecule has 2 aromatic carbocycles. The van der Waals surface area contributed by atoms with E-state index in [1.165, 1.54) is 10.5 Å². The molecule has 1 aliphatic rings. The van der Waals surface area contributed by atoms with Crippen molar-refractivity contribution in [3.63, 3.8) is 0 Å². The zero-order chi connectivity index (χ0) is 18.8. The van der Waals surface area contributed by atoms with Crippen molar-refractivity contribution >= 4 is 29.3 Å². The van der Waals surface area contributed by atoms with Crippen LogP contribution in [0.2, 0.25) is 0 Å². The van der Waals surface area contributed by atoms with Gasteiger partial charge in [-0.05, 0) is 41.3 Å². The van der Waals surface area contributed by atoms with Crippen molar-refractivity contribution in [3.05, 3.63) is 59.4 Å². The van der Waals surface area contributed by atoms with Crippen molar-refractivity contribution in [2.24, 2.45) is 5.73 Å². The number of nitrogens with zero attached hydrogens (tertiary/aromatic N) is 1. The summed E-state index contributed by atoms with van der Waals surface area (Å²) in [5.74, 6) is -0.0531. The maximum Gasteiger partial charge on any atom is 0.294 e. The van der Waals surface area contributed by atoms with E-state index < -0.39 is 11.8 Å². The standard InChI is InChI=1S/C20H21N3O3/c1-12(2)14-5-3-13(4-6-14)9-18-20(25)23(11-19(22)24)16-10-15(21)7-8-17(16)26-18/h3-10,12H,11,21H2,1-2H3,(H2,22,24)/b18-9+. The SMILES string of the molecule is CC(C)c1ccc(/C=C2/Oc3ccc(N)cc3N(CC(N)=O)C2=O)cc1. The molecule has 6 nitrogen and oxygen atoms in total. The van der Waals surface area contributed by atoms with E-state index in [2.05, 4.69) is 13.8 Å². The first-order chi connectivity index (χ1) is 12.3. The minimum Gasteiger partial charge on any atom is -0.449 e. The van der Waals surface area contributed by atoms with Crippen LogP contribution in [0.1, 0.15) is 30.9 Å². The van der Waals surface area contributed by atoms with E-state index in [-0.39, 0.29) is 12.3 Å². The van der Waals surface area contributed by atoms with Crippen molar-refractivity contribution in [3.8, 4) is 5.75 Å². The van der Waals surface area contributed by atoms with E-state index in [1.54, 1.807) is 24.3 Å². The van der Waals surface area contributed by atoms with E-state index in [0.717, 1.165) is 5.56 Å². The molecule has 1 heterocycles. The van der Waals surface area contributed by atoms with E-state index in [9.17, 15) is 9.59 Å². The zero-order valence-corrected chi connectivity index (χ0v) is 14.7. The maximum absolute atomic E-state index is 12.8. The average Bonchev–Trinajstić information content (AvgIpc) is 2.59. The molecule has 2 amide bonds. The molecule has 0 atom stereocenters. The highest BCUT2D eigenvalue weighted by atomic mass is 16.5. The second-order valence-electron chi connectivity index (χ2n) is 6.52. The van der Waals surface area contributed by atoms with Gasteiger partial charge >= 0.3 is 0 Å². The molecule has 0 fully saturated rings. The smallest absolute Gasteiger partial charge is 0.294 e. The fourth-order valence-corrected chi connectivity index (χ4v) is 2.77. The summed E-state index contributed by atoms with van der Waals surface area (Å²) in [6.45, 7) is 3.99. The van der Waals surface area contributed by atoms with Crippen molar-refractivity contribution < 1.29 is 14.3 Å². The number of carbonyl (C=O) groups is 2. The zero-order valence-electron chi connectivity index (χ0n) is 14.7. The Morgan fingerprint density at radius 1 is 1.19 bits per heavy atom. The quantitative estimate of drug-likeness (QED) is 0.653. The van der Waals surface area contributed by atoms with Crippen LogP contribution in [0.4, 0.5) is 11.4 Å². The Morgan fingerprint density at radius 3 is 2.50 bits per heavy atom. The molecule has 26 heavy (non-hydrogen) atoms. The van der Waals surface area contributed by atoms with E-state index in [1.807, 2.05) is 24.3 Å².